The number of thioether (sulfide) groups is 1. The van der Waals surface area contributed by atoms with Crippen molar-refractivity contribution in [1.29, 1.82) is 0 Å². The van der Waals surface area contributed by atoms with Crippen LogP contribution in [0.1, 0.15) is 32.3 Å². The van der Waals surface area contributed by atoms with E-state index in [1.807, 2.05) is 11.8 Å². The van der Waals surface area contributed by atoms with Crippen LogP contribution < -0.4 is 10.2 Å². The molecule has 0 fully saturated rings. The molecule has 0 radical (unpaired) electrons. The lowest BCUT2D eigenvalue weighted by Gasteiger charge is -2.29. The summed E-state index contributed by atoms with van der Waals surface area (Å²) in [5, 5.41) is 3.50. The Bertz CT molecular complexity index is 398. The minimum absolute atomic E-state index is 0.563. The monoisotopic (exact) mass is 358 g/mol. The number of benzene rings is 1. The molecule has 0 saturated heterocycles. The predicted octanol–water partition coefficient (Wildman–Crippen LogP) is 4.53. The summed E-state index contributed by atoms with van der Waals surface area (Å²) in [6, 6.07) is 7.16. The highest BCUT2D eigenvalue weighted by molar-refractivity contribution is 9.10. The molecule has 1 aromatic rings. The van der Waals surface area contributed by atoms with Crippen LogP contribution in [0.4, 0.5) is 5.69 Å². The molecule has 0 amide bonds. The van der Waals surface area contributed by atoms with Crippen molar-refractivity contribution in [3.63, 3.8) is 0 Å². The molecule has 0 aliphatic rings. The molecule has 2 nitrogen and oxygen atoms in total. The van der Waals surface area contributed by atoms with E-state index >= 15 is 0 Å². The highest BCUT2D eigenvalue weighted by Crippen LogP contribution is 2.26. The van der Waals surface area contributed by atoms with Crippen LogP contribution in [0.2, 0.25) is 0 Å². The van der Waals surface area contributed by atoms with Crippen LogP contribution in [0.3, 0.4) is 0 Å². The van der Waals surface area contributed by atoms with Crippen LogP contribution in [0, 0.1) is 0 Å². The van der Waals surface area contributed by atoms with Crippen molar-refractivity contribution >= 4 is 33.4 Å². The molecule has 4 heteroatoms. The second-order valence-electron chi connectivity index (χ2n) is 5.19. The van der Waals surface area contributed by atoms with Gasteiger partial charge >= 0.3 is 0 Å². The molecule has 1 unspecified atom stereocenters. The third-order valence-electron chi connectivity index (χ3n) is 3.56. The predicted molar refractivity (Wildman–Crippen MR) is 97.0 cm³/mol. The Hall–Kier alpha value is -0.190. The van der Waals surface area contributed by atoms with Crippen LogP contribution in [-0.4, -0.2) is 31.6 Å². The fraction of sp³-hybridized carbons (Fsp3) is 0.625. The molecule has 1 aromatic carbocycles. The van der Waals surface area contributed by atoms with Crippen molar-refractivity contribution in [2.24, 2.45) is 0 Å². The molecule has 0 aliphatic carbocycles. The zero-order valence-corrected chi connectivity index (χ0v) is 15.5. The Kier molecular flexibility index (Phi) is 8.66. The molecule has 0 aliphatic heterocycles. The topological polar surface area (TPSA) is 15.3 Å². The van der Waals surface area contributed by atoms with Crippen molar-refractivity contribution in [3.8, 4) is 0 Å². The summed E-state index contributed by atoms with van der Waals surface area (Å²) in [6.07, 6.45) is 4.56. The van der Waals surface area contributed by atoms with Gasteiger partial charge in [-0.25, -0.2) is 0 Å². The van der Waals surface area contributed by atoms with E-state index < -0.39 is 0 Å². The minimum Gasteiger partial charge on any atom is -0.372 e. The van der Waals surface area contributed by atoms with E-state index in [1.165, 1.54) is 29.8 Å². The summed E-state index contributed by atoms with van der Waals surface area (Å²) in [6.45, 7) is 6.51. The minimum atomic E-state index is 0.563. The highest BCUT2D eigenvalue weighted by Gasteiger charge is 2.13. The molecule has 0 bridgehead atoms. The largest absolute Gasteiger partial charge is 0.372 e. The standard InChI is InChI=1S/C16H27BrN2S/c1-5-9-18-12-14-11-15(17)6-7-16(14)19(3)13(2)8-10-20-4/h6-7,11,13,18H,5,8-10,12H2,1-4H3. The molecule has 0 spiro atoms. The van der Waals surface area contributed by atoms with Gasteiger partial charge in [0.2, 0.25) is 0 Å². The molecule has 1 rings (SSSR count). The molecular weight excluding hydrogens is 332 g/mol. The number of halogens is 1. The number of hydrogen-bond acceptors (Lipinski definition) is 3. The third kappa shape index (κ3) is 5.66. The summed E-state index contributed by atoms with van der Waals surface area (Å²) in [7, 11) is 2.21. The molecule has 20 heavy (non-hydrogen) atoms. The second-order valence-corrected chi connectivity index (χ2v) is 7.09. The lowest BCUT2D eigenvalue weighted by molar-refractivity contribution is 0.650. The van der Waals surface area contributed by atoms with E-state index in [0.29, 0.717) is 6.04 Å². The van der Waals surface area contributed by atoms with Gasteiger partial charge < -0.3 is 10.2 Å². The second kappa shape index (κ2) is 9.69. The van der Waals surface area contributed by atoms with Gasteiger partial charge in [0.15, 0.2) is 0 Å². The van der Waals surface area contributed by atoms with E-state index in [-0.39, 0.29) is 0 Å². The number of rotatable bonds is 9. The normalized spacial score (nSPS) is 12.4. The highest BCUT2D eigenvalue weighted by atomic mass is 79.9. The molecule has 1 atom stereocenters. The van der Waals surface area contributed by atoms with Crippen LogP contribution >= 0.6 is 27.7 Å². The molecule has 1 N–H and O–H groups in total. The number of hydrogen-bond donors (Lipinski definition) is 1. The maximum atomic E-state index is 3.58. The van der Waals surface area contributed by atoms with Gasteiger partial charge in [-0.1, -0.05) is 22.9 Å². The van der Waals surface area contributed by atoms with Crippen LogP contribution in [0.5, 0.6) is 0 Å². The first-order valence-corrected chi connectivity index (χ1v) is 9.49. The fourth-order valence-corrected chi connectivity index (χ4v) is 3.14. The maximum Gasteiger partial charge on any atom is 0.0412 e. The molecule has 0 aromatic heterocycles. The Labute approximate surface area is 136 Å². The summed E-state index contributed by atoms with van der Waals surface area (Å²) < 4.78 is 1.15. The Morgan fingerprint density at radius 1 is 1.40 bits per heavy atom. The van der Waals surface area contributed by atoms with E-state index in [1.54, 1.807) is 0 Å². The van der Waals surface area contributed by atoms with Crippen LogP contribution in [0.15, 0.2) is 22.7 Å². The van der Waals surface area contributed by atoms with Gasteiger partial charge in [0.1, 0.15) is 0 Å². The van der Waals surface area contributed by atoms with Crippen molar-refractivity contribution < 1.29 is 0 Å². The first kappa shape index (κ1) is 17.9. The van der Waals surface area contributed by atoms with Gasteiger partial charge in [-0.05, 0) is 62.1 Å². The zero-order chi connectivity index (χ0) is 15.0. The third-order valence-corrected chi connectivity index (χ3v) is 4.70. The van der Waals surface area contributed by atoms with Crippen molar-refractivity contribution in [3.05, 3.63) is 28.2 Å². The average molecular weight is 359 g/mol. The molecular formula is C16H27BrN2S. The molecule has 0 heterocycles. The van der Waals surface area contributed by atoms with Crippen LogP contribution in [0.25, 0.3) is 0 Å². The average Bonchev–Trinajstić information content (AvgIpc) is 2.44. The van der Waals surface area contributed by atoms with Gasteiger partial charge in [-0.3, -0.25) is 0 Å². The summed E-state index contributed by atoms with van der Waals surface area (Å²) in [5.41, 5.74) is 2.71. The maximum absolute atomic E-state index is 3.58. The smallest absolute Gasteiger partial charge is 0.0412 e. The van der Waals surface area contributed by atoms with Crippen molar-refractivity contribution in [1.82, 2.24) is 5.32 Å². The molecule has 0 saturated carbocycles. The Morgan fingerprint density at radius 2 is 2.15 bits per heavy atom. The summed E-state index contributed by atoms with van der Waals surface area (Å²) in [5.74, 6) is 1.21. The van der Waals surface area contributed by atoms with E-state index in [4.69, 9.17) is 0 Å². The van der Waals surface area contributed by atoms with Gasteiger partial charge in [0, 0.05) is 29.8 Å². The summed E-state index contributed by atoms with van der Waals surface area (Å²) >= 11 is 5.50. The van der Waals surface area contributed by atoms with E-state index in [0.717, 1.165) is 17.6 Å². The number of nitrogens with zero attached hydrogens (tertiary/aromatic N) is 1. The van der Waals surface area contributed by atoms with Crippen LogP contribution in [-0.2, 0) is 6.54 Å². The van der Waals surface area contributed by atoms with Gasteiger partial charge in [-0.2, -0.15) is 11.8 Å². The van der Waals surface area contributed by atoms with E-state index in [2.05, 4.69) is 71.5 Å². The van der Waals surface area contributed by atoms with Gasteiger partial charge in [-0.15, -0.1) is 0 Å². The zero-order valence-electron chi connectivity index (χ0n) is 13.1. The Morgan fingerprint density at radius 3 is 2.80 bits per heavy atom. The Balaban J connectivity index is 2.80. The molecule has 114 valence electrons. The lowest BCUT2D eigenvalue weighted by atomic mass is 10.1. The van der Waals surface area contributed by atoms with Crippen molar-refractivity contribution in [2.75, 3.05) is 30.5 Å². The number of anilines is 1. The number of nitrogens with one attached hydrogen (secondary N) is 1. The first-order chi connectivity index (χ1) is 9.60. The SMILES string of the molecule is CCCNCc1cc(Br)ccc1N(C)C(C)CCSC. The van der Waals surface area contributed by atoms with E-state index in [9.17, 15) is 0 Å². The quantitative estimate of drug-likeness (QED) is 0.653. The fourth-order valence-electron chi connectivity index (χ4n) is 2.16. The first-order valence-electron chi connectivity index (χ1n) is 7.31. The van der Waals surface area contributed by atoms with Gasteiger partial charge in [0.05, 0.1) is 0 Å². The lowest BCUT2D eigenvalue weighted by Crippen LogP contribution is -2.30. The van der Waals surface area contributed by atoms with Gasteiger partial charge in [0.25, 0.3) is 0 Å². The summed E-state index contributed by atoms with van der Waals surface area (Å²) in [4.78, 5) is 2.41. The van der Waals surface area contributed by atoms with Crippen molar-refractivity contribution in [2.45, 2.75) is 39.3 Å².